The smallest absolute Gasteiger partial charge is 0.255 e. The molecule has 6 nitrogen and oxygen atoms in total. The number of aryl methyl sites for hydroxylation is 1. The van der Waals surface area contributed by atoms with Gasteiger partial charge in [0.25, 0.3) is 5.91 Å². The summed E-state index contributed by atoms with van der Waals surface area (Å²) in [5.41, 5.74) is 2.86. The number of primary sulfonamides is 1. The number of aliphatic hydroxyl groups is 1. The predicted octanol–water partition coefficient (Wildman–Crippen LogP) is 3.08. The van der Waals surface area contributed by atoms with Crippen molar-refractivity contribution in [3.8, 4) is 0 Å². The van der Waals surface area contributed by atoms with Crippen LogP contribution in [0, 0.1) is 6.92 Å². The summed E-state index contributed by atoms with van der Waals surface area (Å²) in [7, 11) is -3.87. The second-order valence-electron chi connectivity index (χ2n) is 6.80. The second-order valence-corrected chi connectivity index (χ2v) is 9.50. The third-order valence-electron chi connectivity index (χ3n) is 4.43. The van der Waals surface area contributed by atoms with E-state index in [1.165, 1.54) is 16.3 Å². The lowest BCUT2D eigenvalue weighted by molar-refractivity contribution is 0.0604. The first-order valence-corrected chi connectivity index (χ1v) is 11.4. The minimum Gasteiger partial charge on any atom is -0.387 e. The molecule has 0 spiro atoms. The van der Waals surface area contributed by atoms with E-state index in [-0.39, 0.29) is 28.8 Å². The largest absolute Gasteiger partial charge is 0.387 e. The monoisotopic (exact) mass is 430 g/mol. The lowest BCUT2D eigenvalue weighted by Crippen LogP contribution is -2.34. The number of nitrogens with two attached hydrogens (primary N) is 1. The normalized spacial score (nSPS) is 12.5. The number of thiophene rings is 1. The van der Waals surface area contributed by atoms with E-state index in [1.54, 1.807) is 0 Å². The number of nitrogens with zero attached hydrogens (tertiary/aromatic N) is 1. The molecule has 0 fully saturated rings. The summed E-state index contributed by atoms with van der Waals surface area (Å²) in [6, 6.07) is 18.2. The van der Waals surface area contributed by atoms with Crippen molar-refractivity contribution >= 4 is 27.3 Å². The van der Waals surface area contributed by atoms with Gasteiger partial charge in [0.2, 0.25) is 10.0 Å². The molecule has 3 aromatic rings. The summed E-state index contributed by atoms with van der Waals surface area (Å²) in [4.78, 5) is 14.6. The number of hydrogen-bond acceptors (Lipinski definition) is 5. The molecule has 0 saturated heterocycles. The van der Waals surface area contributed by atoms with Crippen molar-refractivity contribution in [2.75, 3.05) is 6.54 Å². The Labute approximate surface area is 174 Å². The van der Waals surface area contributed by atoms with Gasteiger partial charge in [0.15, 0.2) is 0 Å². The van der Waals surface area contributed by atoms with Crippen LogP contribution in [0.2, 0.25) is 0 Å². The number of hydrogen-bond donors (Lipinski definition) is 2. The number of rotatable bonds is 7. The third-order valence-corrected chi connectivity index (χ3v) is 6.81. The number of benzene rings is 2. The molecular formula is C21H22N2O4S2. The van der Waals surface area contributed by atoms with Crippen LogP contribution in [0.1, 0.15) is 33.2 Å². The minimum atomic E-state index is -3.87. The van der Waals surface area contributed by atoms with Gasteiger partial charge in [-0.05, 0) is 24.1 Å². The fourth-order valence-electron chi connectivity index (χ4n) is 2.98. The maximum Gasteiger partial charge on any atom is 0.255 e. The average molecular weight is 431 g/mol. The first-order chi connectivity index (χ1) is 13.7. The van der Waals surface area contributed by atoms with Gasteiger partial charge in [0.05, 0.1) is 18.2 Å². The maximum absolute atomic E-state index is 13.1. The molecule has 1 unspecified atom stereocenters. The Bertz CT molecular complexity index is 1090. The van der Waals surface area contributed by atoms with Crippen molar-refractivity contribution in [2.24, 2.45) is 5.14 Å². The first-order valence-electron chi connectivity index (χ1n) is 8.93. The average Bonchev–Trinajstić information content (AvgIpc) is 3.18. The topological polar surface area (TPSA) is 101 Å². The van der Waals surface area contributed by atoms with Gasteiger partial charge in [-0.15, -0.1) is 11.3 Å². The minimum absolute atomic E-state index is 0.0672. The number of aliphatic hydroxyl groups excluding tert-OH is 1. The Balaban J connectivity index is 1.88. The van der Waals surface area contributed by atoms with Crippen molar-refractivity contribution < 1.29 is 18.3 Å². The number of carbonyl (C=O) groups is 1. The molecule has 152 valence electrons. The van der Waals surface area contributed by atoms with Crippen LogP contribution in [-0.2, 0) is 16.6 Å². The molecule has 8 heteroatoms. The highest BCUT2D eigenvalue weighted by molar-refractivity contribution is 7.91. The van der Waals surface area contributed by atoms with Gasteiger partial charge in [0, 0.05) is 11.9 Å². The van der Waals surface area contributed by atoms with Crippen molar-refractivity contribution in [3.63, 3.8) is 0 Å². The molecule has 1 atom stereocenters. The Morgan fingerprint density at radius 1 is 1.14 bits per heavy atom. The van der Waals surface area contributed by atoms with Gasteiger partial charge in [0.1, 0.15) is 4.21 Å². The quantitative estimate of drug-likeness (QED) is 0.601. The zero-order valence-corrected chi connectivity index (χ0v) is 17.5. The van der Waals surface area contributed by atoms with E-state index in [2.05, 4.69) is 0 Å². The van der Waals surface area contributed by atoms with Crippen LogP contribution in [0.25, 0.3) is 0 Å². The molecule has 0 aliphatic carbocycles. The van der Waals surface area contributed by atoms with Crippen LogP contribution in [0.3, 0.4) is 0 Å². The molecule has 3 N–H and O–H groups in total. The van der Waals surface area contributed by atoms with E-state index >= 15 is 0 Å². The van der Waals surface area contributed by atoms with Crippen molar-refractivity contribution in [3.05, 3.63) is 88.3 Å². The lowest BCUT2D eigenvalue weighted by atomic mass is 10.1. The van der Waals surface area contributed by atoms with Crippen molar-refractivity contribution in [1.29, 1.82) is 0 Å². The standard InChI is InChI=1S/C21H22N2O4S2/c1-15-6-5-9-17(10-15)19(24)13-23(12-16-7-3-2-4-8-16)21(25)18-11-20(28-14-18)29(22,26)27/h2-11,14,19,24H,12-13H2,1H3,(H2,22,26,27). The van der Waals surface area contributed by atoms with E-state index in [4.69, 9.17) is 5.14 Å². The second kappa shape index (κ2) is 8.87. The molecule has 3 rings (SSSR count). The van der Waals surface area contributed by atoms with Gasteiger partial charge in [-0.3, -0.25) is 4.79 Å². The van der Waals surface area contributed by atoms with E-state index in [0.717, 1.165) is 22.5 Å². The summed E-state index contributed by atoms with van der Waals surface area (Å²) in [5, 5.41) is 17.3. The van der Waals surface area contributed by atoms with Crippen LogP contribution in [0.4, 0.5) is 0 Å². The molecule has 1 heterocycles. The Morgan fingerprint density at radius 3 is 2.48 bits per heavy atom. The van der Waals surface area contributed by atoms with E-state index in [0.29, 0.717) is 5.56 Å². The molecule has 1 aromatic heterocycles. The molecule has 2 aromatic carbocycles. The molecule has 0 bridgehead atoms. The number of amides is 1. The Kier molecular flexibility index (Phi) is 6.49. The fourth-order valence-corrected chi connectivity index (χ4v) is 4.55. The van der Waals surface area contributed by atoms with Crippen molar-refractivity contribution in [1.82, 2.24) is 4.90 Å². The van der Waals surface area contributed by atoms with Gasteiger partial charge >= 0.3 is 0 Å². The van der Waals surface area contributed by atoms with E-state index < -0.39 is 16.1 Å². The van der Waals surface area contributed by atoms with Gasteiger partial charge in [-0.1, -0.05) is 60.2 Å². The summed E-state index contributed by atoms with van der Waals surface area (Å²) in [6.45, 7) is 2.28. The molecular weight excluding hydrogens is 408 g/mol. The fraction of sp³-hybridized carbons (Fsp3) is 0.190. The van der Waals surface area contributed by atoms with Crippen LogP contribution in [-0.4, -0.2) is 30.9 Å². The van der Waals surface area contributed by atoms with Gasteiger partial charge < -0.3 is 10.0 Å². The SMILES string of the molecule is Cc1cccc(C(O)CN(Cc2ccccc2)C(=O)c2csc(S(N)(=O)=O)c2)c1. The highest BCUT2D eigenvalue weighted by atomic mass is 32.2. The van der Waals surface area contributed by atoms with Crippen LogP contribution < -0.4 is 5.14 Å². The summed E-state index contributed by atoms with van der Waals surface area (Å²) >= 11 is 0.903. The highest BCUT2D eigenvalue weighted by Gasteiger charge is 2.23. The highest BCUT2D eigenvalue weighted by Crippen LogP contribution is 2.23. The molecule has 0 radical (unpaired) electrons. The van der Waals surface area contributed by atoms with Crippen LogP contribution in [0.5, 0.6) is 0 Å². The van der Waals surface area contributed by atoms with Crippen LogP contribution in [0.15, 0.2) is 70.3 Å². The molecule has 0 aliphatic heterocycles. The molecule has 1 amide bonds. The molecule has 0 saturated carbocycles. The third kappa shape index (κ3) is 5.51. The predicted molar refractivity (Wildman–Crippen MR) is 113 cm³/mol. The Hall–Kier alpha value is -2.52. The summed E-state index contributed by atoms with van der Waals surface area (Å²) < 4.78 is 23.0. The van der Waals surface area contributed by atoms with Gasteiger partial charge in [-0.2, -0.15) is 0 Å². The van der Waals surface area contributed by atoms with Gasteiger partial charge in [-0.25, -0.2) is 13.6 Å². The zero-order chi connectivity index (χ0) is 21.0. The van der Waals surface area contributed by atoms with Crippen LogP contribution >= 0.6 is 11.3 Å². The van der Waals surface area contributed by atoms with Crippen molar-refractivity contribution in [2.45, 2.75) is 23.8 Å². The van der Waals surface area contributed by atoms with E-state index in [1.807, 2.05) is 61.5 Å². The lowest BCUT2D eigenvalue weighted by Gasteiger charge is -2.25. The molecule has 0 aliphatic rings. The maximum atomic E-state index is 13.1. The summed E-state index contributed by atoms with van der Waals surface area (Å²) in [6.07, 6.45) is -0.876. The van der Waals surface area contributed by atoms with E-state index in [9.17, 15) is 18.3 Å². The first kappa shape index (κ1) is 21.2. The Morgan fingerprint density at radius 2 is 1.86 bits per heavy atom. The summed E-state index contributed by atoms with van der Waals surface area (Å²) in [5.74, 6) is -0.369. The number of carbonyl (C=O) groups excluding carboxylic acids is 1. The number of sulfonamides is 1. The molecule has 29 heavy (non-hydrogen) atoms. The zero-order valence-electron chi connectivity index (χ0n) is 15.9.